The van der Waals surface area contributed by atoms with E-state index in [4.69, 9.17) is 16.3 Å². The molecule has 31 heavy (non-hydrogen) atoms. The monoisotopic (exact) mass is 454 g/mol. The number of aryl methyl sites for hydroxylation is 1. The fraction of sp³-hybridized carbons (Fsp3) is 0.174. The van der Waals surface area contributed by atoms with Crippen LogP contribution in [0.3, 0.4) is 0 Å². The molecule has 0 bridgehead atoms. The van der Waals surface area contributed by atoms with Gasteiger partial charge in [0, 0.05) is 23.8 Å². The van der Waals surface area contributed by atoms with Crippen molar-refractivity contribution in [3.63, 3.8) is 0 Å². The molecule has 1 N–H and O–H groups in total. The third-order valence-electron chi connectivity index (χ3n) is 5.08. The zero-order valence-electron chi connectivity index (χ0n) is 16.8. The third-order valence-corrected chi connectivity index (χ3v) is 6.28. The van der Waals surface area contributed by atoms with E-state index in [9.17, 15) is 14.7 Å². The minimum Gasteiger partial charge on any atom is -0.507 e. The van der Waals surface area contributed by atoms with Crippen molar-refractivity contribution in [2.45, 2.75) is 19.5 Å². The minimum atomic E-state index is -0.750. The minimum absolute atomic E-state index is 0.0105. The number of thiophene rings is 1. The second-order valence-corrected chi connectivity index (χ2v) is 8.52. The summed E-state index contributed by atoms with van der Waals surface area (Å²) < 4.78 is 5.38. The van der Waals surface area contributed by atoms with Crippen molar-refractivity contribution in [3.8, 4) is 5.75 Å². The number of carbonyl (C=O) groups is 2. The number of hydrogen-bond acceptors (Lipinski definition) is 6. The van der Waals surface area contributed by atoms with Gasteiger partial charge in [-0.15, -0.1) is 11.3 Å². The van der Waals surface area contributed by atoms with Crippen LogP contribution in [0.2, 0.25) is 5.02 Å². The molecule has 3 aromatic rings. The van der Waals surface area contributed by atoms with Crippen molar-refractivity contribution >= 4 is 40.4 Å². The molecule has 0 aliphatic carbocycles. The van der Waals surface area contributed by atoms with Crippen LogP contribution in [0.4, 0.5) is 0 Å². The molecule has 6 nitrogen and oxygen atoms in total. The van der Waals surface area contributed by atoms with Crippen LogP contribution in [0.1, 0.15) is 27.6 Å². The largest absolute Gasteiger partial charge is 0.507 e. The van der Waals surface area contributed by atoms with Crippen molar-refractivity contribution in [1.29, 1.82) is 0 Å². The van der Waals surface area contributed by atoms with Gasteiger partial charge in [-0.25, -0.2) is 0 Å². The Morgan fingerprint density at radius 1 is 1.29 bits per heavy atom. The number of aromatic nitrogens is 1. The fourth-order valence-corrected chi connectivity index (χ4v) is 4.93. The Balaban J connectivity index is 1.90. The van der Waals surface area contributed by atoms with E-state index in [-0.39, 0.29) is 29.2 Å². The van der Waals surface area contributed by atoms with Crippen molar-refractivity contribution in [2.75, 3.05) is 7.11 Å². The van der Waals surface area contributed by atoms with Gasteiger partial charge in [0.25, 0.3) is 11.7 Å². The van der Waals surface area contributed by atoms with Gasteiger partial charge in [-0.2, -0.15) is 0 Å². The van der Waals surface area contributed by atoms with Crippen LogP contribution < -0.4 is 4.74 Å². The number of nitrogens with zero attached hydrogens (tertiary/aromatic N) is 2. The number of ketones is 1. The molecule has 1 atom stereocenters. The number of pyridine rings is 1. The first kappa shape index (κ1) is 21.1. The van der Waals surface area contributed by atoms with Gasteiger partial charge in [0.05, 0.1) is 29.3 Å². The molecule has 1 aromatic carbocycles. The van der Waals surface area contributed by atoms with E-state index >= 15 is 0 Å². The molecular weight excluding hydrogens is 436 g/mol. The first-order chi connectivity index (χ1) is 14.9. The Hall–Kier alpha value is -3.16. The average molecular weight is 455 g/mol. The first-order valence-corrected chi connectivity index (χ1v) is 10.7. The maximum absolute atomic E-state index is 13.1. The quantitative estimate of drug-likeness (QED) is 0.342. The number of halogens is 1. The molecule has 1 amide bonds. The van der Waals surface area contributed by atoms with Gasteiger partial charge >= 0.3 is 0 Å². The predicted octanol–water partition coefficient (Wildman–Crippen LogP) is 4.74. The second-order valence-electron chi connectivity index (χ2n) is 7.13. The fourth-order valence-electron chi connectivity index (χ4n) is 3.73. The van der Waals surface area contributed by atoms with Crippen LogP contribution in [0.15, 0.2) is 59.7 Å². The van der Waals surface area contributed by atoms with Crippen LogP contribution in [0.25, 0.3) is 5.76 Å². The molecule has 2 aromatic heterocycles. The molecule has 1 saturated heterocycles. The first-order valence-electron chi connectivity index (χ1n) is 9.47. The summed E-state index contributed by atoms with van der Waals surface area (Å²) >= 11 is 7.70. The highest BCUT2D eigenvalue weighted by atomic mass is 35.5. The summed E-state index contributed by atoms with van der Waals surface area (Å²) in [5, 5.41) is 13.4. The number of likely N-dealkylation sites (tertiary alicyclic amines) is 1. The second kappa shape index (κ2) is 8.53. The van der Waals surface area contributed by atoms with Gasteiger partial charge in [0.15, 0.2) is 0 Å². The lowest BCUT2D eigenvalue weighted by atomic mass is 9.98. The van der Waals surface area contributed by atoms with Crippen molar-refractivity contribution in [2.24, 2.45) is 0 Å². The number of carbonyl (C=O) groups excluding carboxylic acids is 2. The average Bonchev–Trinajstić information content (AvgIpc) is 3.36. The van der Waals surface area contributed by atoms with Crippen molar-refractivity contribution < 1.29 is 19.4 Å². The smallest absolute Gasteiger partial charge is 0.295 e. The van der Waals surface area contributed by atoms with Gasteiger partial charge in [-0.05, 0) is 47.7 Å². The molecule has 1 aliphatic heterocycles. The number of aliphatic hydroxyl groups is 1. The highest BCUT2D eigenvalue weighted by Crippen LogP contribution is 2.44. The lowest BCUT2D eigenvalue weighted by molar-refractivity contribution is -0.140. The molecule has 1 unspecified atom stereocenters. The summed E-state index contributed by atoms with van der Waals surface area (Å²) in [6, 6.07) is 9.94. The maximum Gasteiger partial charge on any atom is 0.295 e. The molecule has 3 heterocycles. The Labute approximate surface area is 188 Å². The van der Waals surface area contributed by atoms with Gasteiger partial charge in [-0.1, -0.05) is 23.7 Å². The van der Waals surface area contributed by atoms with Crippen molar-refractivity contribution in [3.05, 3.63) is 86.3 Å². The zero-order chi connectivity index (χ0) is 22.1. The summed E-state index contributed by atoms with van der Waals surface area (Å²) in [6.07, 6.45) is 3.29. The summed E-state index contributed by atoms with van der Waals surface area (Å²) in [5.74, 6) is -1.50. The highest BCUT2D eigenvalue weighted by molar-refractivity contribution is 7.10. The summed E-state index contributed by atoms with van der Waals surface area (Å²) in [7, 11) is 1.44. The summed E-state index contributed by atoms with van der Waals surface area (Å²) in [6.45, 7) is 2.00. The van der Waals surface area contributed by atoms with Crippen LogP contribution in [-0.2, 0) is 16.1 Å². The molecule has 0 radical (unpaired) electrons. The number of Topliss-reactive ketones (excluding diaryl/α,β-unsaturated/α-hetero) is 1. The standard InChI is InChI=1S/C23H19ClN2O4S/c1-13-9-15(22(30-2)16(24)10-13)20(27)18-19(17-6-4-8-31-17)26(23(29)21(18)28)12-14-5-3-7-25-11-14/h3-11,19,27H,12H2,1-2H3/b20-18-. The number of ether oxygens (including phenoxy) is 1. The third kappa shape index (κ3) is 3.82. The molecule has 1 aliphatic rings. The lowest BCUT2D eigenvalue weighted by Crippen LogP contribution is -2.28. The van der Waals surface area contributed by atoms with Crippen molar-refractivity contribution in [1.82, 2.24) is 9.88 Å². The summed E-state index contributed by atoms with van der Waals surface area (Å²) in [4.78, 5) is 32.4. The number of amides is 1. The number of benzene rings is 1. The number of aliphatic hydroxyl groups excluding tert-OH is 1. The van der Waals surface area contributed by atoms with Crippen LogP contribution in [0, 0.1) is 6.92 Å². The predicted molar refractivity (Wildman–Crippen MR) is 119 cm³/mol. The molecule has 0 saturated carbocycles. The van der Waals surface area contributed by atoms with E-state index in [1.54, 1.807) is 30.6 Å². The molecule has 0 spiro atoms. The van der Waals surface area contributed by atoms with Crippen LogP contribution in [-0.4, -0.2) is 33.8 Å². The highest BCUT2D eigenvalue weighted by Gasteiger charge is 2.46. The molecule has 8 heteroatoms. The van der Waals surface area contributed by atoms with Crippen LogP contribution in [0.5, 0.6) is 5.75 Å². The van der Waals surface area contributed by atoms with E-state index in [2.05, 4.69) is 4.98 Å². The Bertz CT molecular complexity index is 1180. The van der Waals surface area contributed by atoms with Gasteiger partial charge in [0.2, 0.25) is 0 Å². The Morgan fingerprint density at radius 3 is 2.74 bits per heavy atom. The molecule has 158 valence electrons. The molecular formula is C23H19ClN2O4S. The SMILES string of the molecule is COc1c(Cl)cc(C)cc1/C(O)=C1/C(=O)C(=O)N(Cc2cccnc2)C1c1cccs1. The number of rotatable bonds is 5. The van der Waals surface area contributed by atoms with E-state index in [1.165, 1.54) is 23.3 Å². The Morgan fingerprint density at radius 2 is 2.10 bits per heavy atom. The van der Waals surface area contributed by atoms with Gasteiger partial charge in [-0.3, -0.25) is 14.6 Å². The normalized spacial score (nSPS) is 17.9. The summed E-state index contributed by atoms with van der Waals surface area (Å²) in [5.41, 5.74) is 1.84. The molecule has 1 fully saturated rings. The van der Waals surface area contributed by atoms with Gasteiger partial charge < -0.3 is 14.7 Å². The number of methoxy groups -OCH3 is 1. The molecule has 4 rings (SSSR count). The lowest BCUT2D eigenvalue weighted by Gasteiger charge is -2.24. The Kier molecular flexibility index (Phi) is 5.80. The zero-order valence-corrected chi connectivity index (χ0v) is 18.4. The van der Waals surface area contributed by atoms with E-state index in [0.29, 0.717) is 5.02 Å². The van der Waals surface area contributed by atoms with E-state index in [0.717, 1.165) is 16.0 Å². The topological polar surface area (TPSA) is 79.7 Å². The number of hydrogen-bond donors (Lipinski definition) is 1. The van der Waals surface area contributed by atoms with Gasteiger partial charge in [0.1, 0.15) is 11.5 Å². The maximum atomic E-state index is 13.1. The van der Waals surface area contributed by atoms with E-state index < -0.39 is 17.7 Å². The van der Waals surface area contributed by atoms with Crippen LogP contribution >= 0.6 is 22.9 Å². The van der Waals surface area contributed by atoms with E-state index in [1.807, 2.05) is 30.5 Å².